The molecule has 1 aliphatic heterocycles. The number of sulfone groups is 1. The third kappa shape index (κ3) is 3.22. The van der Waals surface area contributed by atoms with Crippen LogP contribution in [0, 0.1) is 0 Å². The van der Waals surface area contributed by atoms with Gasteiger partial charge in [0.2, 0.25) is 0 Å². The summed E-state index contributed by atoms with van der Waals surface area (Å²) in [6.45, 7) is 2.25. The first-order valence-electron chi connectivity index (χ1n) is 5.92. The Morgan fingerprint density at radius 3 is 2.68 bits per heavy atom. The highest BCUT2D eigenvalue weighted by molar-refractivity contribution is 7.91. The number of carbonyl (C=O) groups excluding carboxylic acids is 1. The molecule has 1 aromatic heterocycles. The van der Waals surface area contributed by atoms with Crippen molar-refractivity contribution in [2.75, 3.05) is 18.1 Å². The second kappa shape index (κ2) is 5.42. The Kier molecular flexibility index (Phi) is 4.05. The molecule has 1 fully saturated rings. The zero-order chi connectivity index (χ0) is 14.0. The SMILES string of the molecule is CCN(C(=O)c1cnc(Cl)cn1)C1CCS(=O)(=O)C1. The van der Waals surface area contributed by atoms with Gasteiger partial charge in [-0.15, -0.1) is 0 Å². The van der Waals surface area contributed by atoms with Crippen LogP contribution in [0.5, 0.6) is 0 Å². The summed E-state index contributed by atoms with van der Waals surface area (Å²) < 4.78 is 23.0. The van der Waals surface area contributed by atoms with Crippen molar-refractivity contribution < 1.29 is 13.2 Å². The van der Waals surface area contributed by atoms with E-state index in [9.17, 15) is 13.2 Å². The Hall–Kier alpha value is -1.21. The molecule has 1 aromatic rings. The van der Waals surface area contributed by atoms with E-state index in [4.69, 9.17) is 11.6 Å². The standard InChI is InChI=1S/C11H14ClN3O3S/c1-2-15(8-3-4-19(17,18)7-8)11(16)9-5-14-10(12)6-13-9/h5-6,8H,2-4,7H2,1H3. The van der Waals surface area contributed by atoms with Gasteiger partial charge in [-0.25, -0.2) is 18.4 Å². The molecule has 8 heteroatoms. The molecule has 1 aliphatic rings. The second-order valence-corrected chi connectivity index (χ2v) is 6.99. The van der Waals surface area contributed by atoms with Crippen LogP contribution in [0.15, 0.2) is 12.4 Å². The molecule has 0 saturated carbocycles. The maximum atomic E-state index is 12.3. The predicted molar refractivity (Wildman–Crippen MR) is 70.8 cm³/mol. The van der Waals surface area contributed by atoms with Crippen molar-refractivity contribution >= 4 is 27.3 Å². The number of halogens is 1. The molecule has 1 unspecified atom stereocenters. The average molecular weight is 304 g/mol. The van der Waals surface area contributed by atoms with E-state index in [0.29, 0.717) is 13.0 Å². The van der Waals surface area contributed by atoms with Gasteiger partial charge in [-0.1, -0.05) is 11.6 Å². The van der Waals surface area contributed by atoms with Gasteiger partial charge >= 0.3 is 0 Å². The minimum Gasteiger partial charge on any atom is -0.334 e. The molecule has 1 saturated heterocycles. The normalized spacial score (nSPS) is 21.3. The first-order chi connectivity index (χ1) is 8.93. The largest absolute Gasteiger partial charge is 0.334 e. The smallest absolute Gasteiger partial charge is 0.274 e. The molecule has 6 nitrogen and oxygen atoms in total. The highest BCUT2D eigenvalue weighted by atomic mass is 35.5. The first kappa shape index (κ1) is 14.2. The van der Waals surface area contributed by atoms with Gasteiger partial charge in [0.05, 0.1) is 23.9 Å². The van der Waals surface area contributed by atoms with Crippen molar-refractivity contribution in [2.45, 2.75) is 19.4 Å². The molecule has 0 bridgehead atoms. The minimum atomic E-state index is -3.02. The van der Waals surface area contributed by atoms with Gasteiger partial charge in [-0.3, -0.25) is 4.79 Å². The quantitative estimate of drug-likeness (QED) is 0.824. The van der Waals surface area contributed by atoms with E-state index in [1.807, 2.05) is 6.92 Å². The maximum absolute atomic E-state index is 12.3. The predicted octanol–water partition coefficient (Wildman–Crippen LogP) is 0.779. The molecular formula is C11H14ClN3O3S. The van der Waals surface area contributed by atoms with Gasteiger partial charge in [0.15, 0.2) is 9.84 Å². The highest BCUT2D eigenvalue weighted by Gasteiger charge is 2.34. The molecule has 2 rings (SSSR count). The summed E-state index contributed by atoms with van der Waals surface area (Å²) in [7, 11) is -3.02. The van der Waals surface area contributed by atoms with Crippen molar-refractivity contribution in [3.8, 4) is 0 Å². The number of hydrogen-bond acceptors (Lipinski definition) is 5. The molecule has 0 aromatic carbocycles. The number of aromatic nitrogens is 2. The van der Waals surface area contributed by atoms with E-state index in [-0.39, 0.29) is 34.3 Å². The van der Waals surface area contributed by atoms with Crippen molar-refractivity contribution in [3.63, 3.8) is 0 Å². The van der Waals surface area contributed by atoms with E-state index in [1.54, 1.807) is 0 Å². The summed E-state index contributed by atoms with van der Waals surface area (Å²) in [5.74, 6) is -0.157. The lowest BCUT2D eigenvalue weighted by molar-refractivity contribution is 0.0702. The van der Waals surface area contributed by atoms with Gasteiger partial charge in [-0.05, 0) is 13.3 Å². The van der Waals surface area contributed by atoms with Crippen LogP contribution < -0.4 is 0 Å². The topological polar surface area (TPSA) is 80.2 Å². The van der Waals surface area contributed by atoms with Crippen LogP contribution in [-0.4, -0.2) is 53.3 Å². The van der Waals surface area contributed by atoms with Crippen molar-refractivity contribution in [1.29, 1.82) is 0 Å². The van der Waals surface area contributed by atoms with E-state index < -0.39 is 9.84 Å². The van der Waals surface area contributed by atoms with Crippen LogP contribution in [0.2, 0.25) is 5.15 Å². The lowest BCUT2D eigenvalue weighted by Crippen LogP contribution is -2.41. The lowest BCUT2D eigenvalue weighted by atomic mass is 10.2. The third-order valence-corrected chi connectivity index (χ3v) is 5.04. The first-order valence-corrected chi connectivity index (χ1v) is 8.12. The summed E-state index contributed by atoms with van der Waals surface area (Å²) >= 11 is 5.62. The maximum Gasteiger partial charge on any atom is 0.274 e. The van der Waals surface area contributed by atoms with Crippen LogP contribution in [-0.2, 0) is 9.84 Å². The van der Waals surface area contributed by atoms with E-state index in [2.05, 4.69) is 9.97 Å². The molecule has 104 valence electrons. The van der Waals surface area contributed by atoms with Crippen molar-refractivity contribution in [3.05, 3.63) is 23.2 Å². The molecule has 1 atom stereocenters. The number of rotatable bonds is 3. The van der Waals surface area contributed by atoms with Crippen LogP contribution in [0.4, 0.5) is 0 Å². The van der Waals surface area contributed by atoms with E-state index >= 15 is 0 Å². The molecule has 2 heterocycles. The fraction of sp³-hybridized carbons (Fsp3) is 0.545. The Bertz CT molecular complexity index is 573. The lowest BCUT2D eigenvalue weighted by Gasteiger charge is -2.26. The Morgan fingerprint density at radius 2 is 2.21 bits per heavy atom. The number of hydrogen-bond donors (Lipinski definition) is 0. The van der Waals surface area contributed by atoms with Crippen LogP contribution in [0.1, 0.15) is 23.8 Å². The summed E-state index contributed by atoms with van der Waals surface area (Å²) in [5.41, 5.74) is 0.176. The van der Waals surface area contributed by atoms with Gasteiger partial charge in [-0.2, -0.15) is 0 Å². The molecule has 1 amide bonds. The van der Waals surface area contributed by atoms with Crippen LogP contribution in [0.3, 0.4) is 0 Å². The zero-order valence-corrected chi connectivity index (χ0v) is 12.0. The molecular weight excluding hydrogens is 290 g/mol. The molecule has 0 aliphatic carbocycles. The Balaban J connectivity index is 2.18. The zero-order valence-electron chi connectivity index (χ0n) is 10.4. The summed E-state index contributed by atoms with van der Waals surface area (Å²) in [5, 5.41) is 0.211. The van der Waals surface area contributed by atoms with Gasteiger partial charge < -0.3 is 4.90 Å². The Morgan fingerprint density at radius 1 is 1.47 bits per heavy atom. The van der Waals surface area contributed by atoms with E-state index in [0.717, 1.165) is 0 Å². The van der Waals surface area contributed by atoms with Crippen LogP contribution >= 0.6 is 11.6 Å². The number of carbonyl (C=O) groups is 1. The van der Waals surface area contributed by atoms with Gasteiger partial charge in [0.1, 0.15) is 10.8 Å². The number of nitrogens with zero attached hydrogens (tertiary/aromatic N) is 3. The van der Waals surface area contributed by atoms with Crippen molar-refractivity contribution in [1.82, 2.24) is 14.9 Å². The van der Waals surface area contributed by atoms with Gasteiger partial charge in [0.25, 0.3) is 5.91 Å². The molecule has 19 heavy (non-hydrogen) atoms. The monoisotopic (exact) mass is 303 g/mol. The fourth-order valence-corrected chi connectivity index (χ4v) is 3.99. The third-order valence-electron chi connectivity index (χ3n) is 3.09. The molecule has 0 radical (unpaired) electrons. The van der Waals surface area contributed by atoms with Crippen LogP contribution in [0.25, 0.3) is 0 Å². The minimum absolute atomic E-state index is 0.0214. The van der Waals surface area contributed by atoms with E-state index in [1.165, 1.54) is 17.3 Å². The summed E-state index contributed by atoms with van der Waals surface area (Å²) in [6.07, 6.45) is 3.08. The number of amides is 1. The summed E-state index contributed by atoms with van der Waals surface area (Å²) in [4.78, 5) is 21.5. The Labute approximate surface area is 116 Å². The van der Waals surface area contributed by atoms with Crippen molar-refractivity contribution in [2.24, 2.45) is 0 Å². The summed E-state index contributed by atoms with van der Waals surface area (Å²) in [6, 6.07) is -0.278. The molecule has 0 spiro atoms. The van der Waals surface area contributed by atoms with Gasteiger partial charge in [0, 0.05) is 12.6 Å². The molecule has 0 N–H and O–H groups in total. The second-order valence-electron chi connectivity index (χ2n) is 4.37. The highest BCUT2D eigenvalue weighted by Crippen LogP contribution is 2.19. The average Bonchev–Trinajstić information content (AvgIpc) is 2.71. The fourth-order valence-electron chi connectivity index (χ4n) is 2.16.